The van der Waals surface area contributed by atoms with E-state index < -0.39 is 0 Å². The van der Waals surface area contributed by atoms with Gasteiger partial charge in [-0.3, -0.25) is 0 Å². The summed E-state index contributed by atoms with van der Waals surface area (Å²) in [6.07, 6.45) is 16.2. The molecule has 0 atom stereocenters. The molecule has 5 rings (SSSR count). The number of pyridine rings is 4. The van der Waals surface area contributed by atoms with Crippen LogP contribution in [0.5, 0.6) is 0 Å². The van der Waals surface area contributed by atoms with Crippen LogP contribution < -0.4 is 18.3 Å². The molecule has 0 saturated carbocycles. The molecule has 0 bridgehead atoms. The van der Waals surface area contributed by atoms with Crippen molar-refractivity contribution < 1.29 is 18.3 Å². The standard InChI is InChI=1S/C26H24N6/c1-29-13-5-21(6-14-29)23-9-17-31(18-10-23)25-3-4-26(28-27-25)32-19-11-24(12-20-32)22-7-15-30(2)16-8-22/h3-20H,1-2H3/q+4. The zero-order chi connectivity index (χ0) is 21.9. The molecule has 0 aliphatic heterocycles. The lowest BCUT2D eigenvalue weighted by molar-refractivity contribution is -0.671. The summed E-state index contributed by atoms with van der Waals surface area (Å²) in [4.78, 5) is 0. The second-order valence-corrected chi connectivity index (χ2v) is 7.74. The minimum absolute atomic E-state index is 0.772. The highest BCUT2D eigenvalue weighted by atomic mass is 15.2. The lowest BCUT2D eigenvalue weighted by Gasteiger charge is -2.01. The van der Waals surface area contributed by atoms with Crippen molar-refractivity contribution in [3.8, 4) is 33.9 Å². The van der Waals surface area contributed by atoms with Gasteiger partial charge >= 0.3 is 11.6 Å². The summed E-state index contributed by atoms with van der Waals surface area (Å²) in [7, 11) is 4.03. The quantitative estimate of drug-likeness (QED) is 0.418. The molecular formula is C26H24N6+4. The van der Waals surface area contributed by atoms with Crippen LogP contribution in [0.1, 0.15) is 0 Å². The third-order valence-electron chi connectivity index (χ3n) is 5.45. The van der Waals surface area contributed by atoms with E-state index in [1.165, 1.54) is 11.1 Å². The van der Waals surface area contributed by atoms with Gasteiger partial charge in [-0.15, -0.1) is 0 Å². The third-order valence-corrected chi connectivity index (χ3v) is 5.45. The molecule has 154 valence electrons. The molecule has 5 aromatic rings. The maximum Gasteiger partial charge on any atom is 0.381 e. The van der Waals surface area contributed by atoms with Gasteiger partial charge in [-0.25, -0.2) is 9.13 Å². The summed E-state index contributed by atoms with van der Waals surface area (Å²) in [5, 5.41) is 8.83. The average molecular weight is 421 g/mol. The molecule has 0 spiro atoms. The van der Waals surface area contributed by atoms with Crippen molar-refractivity contribution >= 4 is 0 Å². The highest BCUT2D eigenvalue weighted by Gasteiger charge is 2.17. The molecule has 0 aromatic carbocycles. The molecule has 0 N–H and O–H groups in total. The number of hydrogen-bond acceptors (Lipinski definition) is 2. The van der Waals surface area contributed by atoms with Crippen molar-refractivity contribution in [3.05, 3.63) is 110 Å². The first-order valence-corrected chi connectivity index (χ1v) is 10.4. The first kappa shape index (κ1) is 19.6. The second-order valence-electron chi connectivity index (χ2n) is 7.74. The van der Waals surface area contributed by atoms with E-state index in [0.29, 0.717) is 0 Å². The summed E-state index contributed by atoms with van der Waals surface area (Å²) >= 11 is 0. The van der Waals surface area contributed by atoms with E-state index in [2.05, 4.69) is 58.7 Å². The highest BCUT2D eigenvalue weighted by molar-refractivity contribution is 5.61. The Morgan fingerprint density at radius 2 is 0.688 bits per heavy atom. The van der Waals surface area contributed by atoms with Gasteiger partial charge in [0.2, 0.25) is 0 Å². The fourth-order valence-electron chi connectivity index (χ4n) is 3.52. The monoisotopic (exact) mass is 420 g/mol. The molecule has 0 fully saturated rings. The van der Waals surface area contributed by atoms with Gasteiger partial charge in [0, 0.05) is 36.4 Å². The van der Waals surface area contributed by atoms with Crippen LogP contribution in [-0.2, 0) is 14.1 Å². The summed E-state index contributed by atoms with van der Waals surface area (Å²) in [5.74, 6) is 1.54. The van der Waals surface area contributed by atoms with E-state index in [0.717, 1.165) is 22.8 Å². The van der Waals surface area contributed by atoms with E-state index in [1.807, 2.05) is 94.1 Å². The predicted molar refractivity (Wildman–Crippen MR) is 118 cm³/mol. The van der Waals surface area contributed by atoms with Gasteiger partial charge in [0.05, 0.1) is 24.8 Å². The Balaban J connectivity index is 1.33. The Bertz CT molecular complexity index is 1220. The molecule has 5 heterocycles. The van der Waals surface area contributed by atoms with Gasteiger partial charge < -0.3 is 0 Å². The van der Waals surface area contributed by atoms with Crippen molar-refractivity contribution in [2.45, 2.75) is 0 Å². The number of rotatable bonds is 4. The van der Waals surface area contributed by atoms with Crippen LogP contribution in [0.4, 0.5) is 0 Å². The smallest absolute Gasteiger partial charge is 0.208 e. The van der Waals surface area contributed by atoms with Crippen molar-refractivity contribution in [2.24, 2.45) is 14.1 Å². The SMILES string of the molecule is C[n+]1ccc(-c2cc[n+](-c3ccc(-[n+]4ccc(-c5cc[n+](C)cc5)cc4)nn3)cc2)cc1. The zero-order valence-corrected chi connectivity index (χ0v) is 18.1. The van der Waals surface area contributed by atoms with Crippen LogP contribution in [0, 0.1) is 0 Å². The van der Waals surface area contributed by atoms with Gasteiger partial charge in [-0.05, 0) is 46.5 Å². The van der Waals surface area contributed by atoms with Crippen LogP contribution >= 0.6 is 0 Å². The van der Waals surface area contributed by atoms with Crippen molar-refractivity contribution in [1.29, 1.82) is 0 Å². The average Bonchev–Trinajstić information content (AvgIpc) is 2.85. The first-order valence-electron chi connectivity index (χ1n) is 10.4. The molecule has 0 unspecified atom stereocenters. The molecule has 0 aliphatic carbocycles. The first-order chi connectivity index (χ1) is 15.7. The normalized spacial score (nSPS) is 10.8. The Labute approximate surface area is 187 Å². The molecule has 6 heteroatoms. The summed E-state index contributed by atoms with van der Waals surface area (Å²) in [5.41, 5.74) is 4.69. The van der Waals surface area contributed by atoms with E-state index >= 15 is 0 Å². The molecule has 6 nitrogen and oxygen atoms in total. The van der Waals surface area contributed by atoms with Crippen molar-refractivity contribution in [3.63, 3.8) is 0 Å². The van der Waals surface area contributed by atoms with Crippen LogP contribution in [0.2, 0.25) is 0 Å². The van der Waals surface area contributed by atoms with Gasteiger partial charge in [0.25, 0.3) is 0 Å². The molecule has 0 amide bonds. The number of aromatic nitrogens is 6. The number of hydrogen-bond donors (Lipinski definition) is 0. The fourth-order valence-corrected chi connectivity index (χ4v) is 3.52. The number of nitrogens with zero attached hydrogens (tertiary/aromatic N) is 6. The lowest BCUT2D eigenvalue weighted by Crippen LogP contribution is -2.34. The Hall–Kier alpha value is -4.32. The minimum Gasteiger partial charge on any atom is -0.208 e. The lowest BCUT2D eigenvalue weighted by atomic mass is 10.1. The topological polar surface area (TPSA) is 41.3 Å². The Morgan fingerprint density at radius 3 is 0.969 bits per heavy atom. The molecule has 0 radical (unpaired) electrons. The van der Waals surface area contributed by atoms with Gasteiger partial charge in [0.1, 0.15) is 14.1 Å². The van der Waals surface area contributed by atoms with E-state index in [4.69, 9.17) is 0 Å². The van der Waals surface area contributed by atoms with E-state index in [-0.39, 0.29) is 0 Å². The zero-order valence-electron chi connectivity index (χ0n) is 18.1. The highest BCUT2D eigenvalue weighted by Crippen LogP contribution is 2.17. The van der Waals surface area contributed by atoms with Gasteiger partial charge in [-0.1, -0.05) is 0 Å². The molecule has 0 aliphatic rings. The summed E-state index contributed by atoms with van der Waals surface area (Å²) in [6, 6.07) is 20.7. The van der Waals surface area contributed by atoms with Gasteiger partial charge in [0.15, 0.2) is 35.0 Å². The summed E-state index contributed by atoms with van der Waals surface area (Å²) < 4.78 is 7.98. The van der Waals surface area contributed by atoms with Crippen LogP contribution in [-0.4, -0.2) is 10.2 Å². The predicted octanol–water partition coefficient (Wildman–Crippen LogP) is 2.01. The van der Waals surface area contributed by atoms with Gasteiger partial charge in [-0.2, -0.15) is 9.13 Å². The van der Waals surface area contributed by atoms with Crippen LogP contribution in [0.25, 0.3) is 33.9 Å². The van der Waals surface area contributed by atoms with E-state index in [1.54, 1.807) is 0 Å². The third kappa shape index (κ3) is 4.11. The summed E-state index contributed by atoms with van der Waals surface area (Å²) in [6.45, 7) is 0. The van der Waals surface area contributed by atoms with Crippen molar-refractivity contribution in [1.82, 2.24) is 10.2 Å². The van der Waals surface area contributed by atoms with Crippen LogP contribution in [0.3, 0.4) is 0 Å². The maximum absolute atomic E-state index is 4.42. The molecule has 32 heavy (non-hydrogen) atoms. The molecule has 5 aromatic heterocycles. The number of aryl methyl sites for hydroxylation is 2. The Kier molecular flexibility index (Phi) is 5.17. The Morgan fingerprint density at radius 1 is 0.406 bits per heavy atom. The van der Waals surface area contributed by atoms with E-state index in [9.17, 15) is 0 Å². The largest absolute Gasteiger partial charge is 0.381 e. The van der Waals surface area contributed by atoms with Crippen LogP contribution in [0.15, 0.2) is 110 Å². The fraction of sp³-hybridized carbons (Fsp3) is 0.0769. The van der Waals surface area contributed by atoms with Crippen molar-refractivity contribution in [2.75, 3.05) is 0 Å². The molecular weight excluding hydrogens is 396 g/mol. The maximum atomic E-state index is 4.42. The minimum atomic E-state index is 0.772. The molecule has 0 saturated heterocycles. The second kappa shape index (κ2) is 8.43.